The van der Waals surface area contributed by atoms with Crippen molar-refractivity contribution in [1.82, 2.24) is 0 Å². The summed E-state index contributed by atoms with van der Waals surface area (Å²) < 4.78 is 33.4. The van der Waals surface area contributed by atoms with Crippen molar-refractivity contribution in [1.29, 1.82) is 0 Å². The molecule has 7 nitrogen and oxygen atoms in total. The average molecular weight is 351 g/mol. The summed E-state index contributed by atoms with van der Waals surface area (Å²) in [5.41, 5.74) is 10.3. The Morgan fingerprint density at radius 2 is 1.92 bits per heavy atom. The highest BCUT2D eigenvalue weighted by Gasteiger charge is 2.45. The van der Waals surface area contributed by atoms with Gasteiger partial charge in [-0.15, -0.1) is 0 Å². The van der Waals surface area contributed by atoms with Crippen molar-refractivity contribution in [3.8, 4) is 0 Å². The second-order valence-electron chi connectivity index (χ2n) is 6.07. The van der Waals surface area contributed by atoms with Crippen LogP contribution in [0.3, 0.4) is 0 Å². The second kappa shape index (κ2) is 6.30. The van der Waals surface area contributed by atoms with Gasteiger partial charge in [-0.25, -0.2) is 18.6 Å². The normalized spacial score (nSPS) is 19.4. The molecule has 4 N–H and O–H groups in total. The molecule has 0 amide bonds. The molecule has 0 bridgehead atoms. The fourth-order valence-electron chi connectivity index (χ4n) is 3.48. The standard InChI is InChI=1S/C16H19F2N5O2/c1-25-13(24)9-5-6-10(17)11(18)12(9)23-15(20)21-14(19)22-16(23)7-3-2-4-8-16/h5-6H,2-4,7-8H2,1H3,(H4,19,20,21,22). The maximum atomic E-state index is 14.7. The van der Waals surface area contributed by atoms with Crippen LogP contribution < -0.4 is 16.4 Å². The van der Waals surface area contributed by atoms with Crippen molar-refractivity contribution in [2.24, 2.45) is 21.5 Å². The largest absolute Gasteiger partial charge is 0.465 e. The van der Waals surface area contributed by atoms with E-state index < -0.39 is 23.3 Å². The minimum Gasteiger partial charge on any atom is -0.465 e. The molecule has 3 rings (SSSR count). The van der Waals surface area contributed by atoms with Gasteiger partial charge in [0.25, 0.3) is 0 Å². The number of hydrogen-bond acceptors (Lipinski definition) is 7. The molecule has 0 aromatic heterocycles. The maximum Gasteiger partial charge on any atom is 0.340 e. The number of nitrogens with two attached hydrogens (primary N) is 2. The number of nitrogens with zero attached hydrogens (tertiary/aromatic N) is 3. The Hall–Kier alpha value is -2.71. The SMILES string of the molecule is COC(=O)c1ccc(F)c(F)c1N1C(N)=NC(N)=NC12CCCCC2. The fraction of sp³-hybridized carbons (Fsp3) is 0.438. The number of carbonyl (C=O) groups excluding carboxylic acids is 1. The van der Waals surface area contributed by atoms with E-state index in [4.69, 9.17) is 16.2 Å². The van der Waals surface area contributed by atoms with Crippen molar-refractivity contribution in [3.63, 3.8) is 0 Å². The van der Waals surface area contributed by atoms with E-state index in [0.717, 1.165) is 38.5 Å². The molecule has 0 radical (unpaired) electrons. The van der Waals surface area contributed by atoms with Crippen molar-refractivity contribution in [2.45, 2.75) is 37.8 Å². The molecular formula is C16H19F2N5O2. The van der Waals surface area contributed by atoms with Crippen molar-refractivity contribution in [2.75, 3.05) is 12.0 Å². The number of hydrogen-bond donors (Lipinski definition) is 2. The van der Waals surface area contributed by atoms with Crippen LogP contribution in [0.25, 0.3) is 0 Å². The molecule has 0 unspecified atom stereocenters. The van der Waals surface area contributed by atoms with Gasteiger partial charge in [-0.1, -0.05) is 6.42 Å². The van der Waals surface area contributed by atoms with Gasteiger partial charge >= 0.3 is 5.97 Å². The second-order valence-corrected chi connectivity index (χ2v) is 6.07. The highest BCUT2D eigenvalue weighted by molar-refractivity contribution is 6.09. The van der Waals surface area contributed by atoms with E-state index in [1.807, 2.05) is 0 Å². The lowest BCUT2D eigenvalue weighted by molar-refractivity contribution is 0.0600. The summed E-state index contributed by atoms with van der Waals surface area (Å²) in [6, 6.07) is 2.03. The summed E-state index contributed by atoms with van der Waals surface area (Å²) in [7, 11) is 1.16. The van der Waals surface area contributed by atoms with Crippen LogP contribution in [0.2, 0.25) is 0 Å². The van der Waals surface area contributed by atoms with Crippen LogP contribution in [0.15, 0.2) is 22.1 Å². The Kier molecular flexibility index (Phi) is 4.32. The molecule has 1 fully saturated rings. The van der Waals surface area contributed by atoms with Gasteiger partial charge in [0.15, 0.2) is 11.6 Å². The van der Waals surface area contributed by atoms with E-state index >= 15 is 0 Å². The molecule has 1 saturated carbocycles. The topological polar surface area (TPSA) is 106 Å². The lowest BCUT2D eigenvalue weighted by Crippen LogP contribution is -2.59. The number of esters is 1. The first-order valence-electron chi connectivity index (χ1n) is 7.95. The molecule has 0 atom stereocenters. The Labute approximate surface area is 143 Å². The van der Waals surface area contributed by atoms with Crippen molar-refractivity contribution >= 4 is 23.6 Å². The van der Waals surface area contributed by atoms with Gasteiger partial charge in [0.1, 0.15) is 5.66 Å². The van der Waals surface area contributed by atoms with Crippen molar-refractivity contribution in [3.05, 3.63) is 29.3 Å². The van der Waals surface area contributed by atoms with E-state index in [1.165, 1.54) is 4.90 Å². The Balaban J connectivity index is 2.24. The van der Waals surface area contributed by atoms with E-state index in [9.17, 15) is 13.6 Å². The zero-order valence-corrected chi connectivity index (χ0v) is 13.8. The number of methoxy groups -OCH3 is 1. The molecule has 1 aliphatic carbocycles. The van der Waals surface area contributed by atoms with Crippen LogP contribution in [-0.2, 0) is 4.74 Å². The minimum absolute atomic E-state index is 0.0212. The zero-order valence-electron chi connectivity index (χ0n) is 13.8. The summed E-state index contributed by atoms with van der Waals surface area (Å²) in [4.78, 5) is 21.7. The van der Waals surface area contributed by atoms with E-state index in [2.05, 4.69) is 9.98 Å². The Morgan fingerprint density at radius 3 is 2.56 bits per heavy atom. The summed E-state index contributed by atoms with van der Waals surface area (Å²) in [5, 5.41) is 0. The highest BCUT2D eigenvalue weighted by atomic mass is 19.2. The average Bonchev–Trinajstić information content (AvgIpc) is 2.58. The molecule has 1 heterocycles. The van der Waals surface area contributed by atoms with E-state index in [1.54, 1.807) is 0 Å². The van der Waals surface area contributed by atoms with Crippen molar-refractivity contribution < 1.29 is 18.3 Å². The molecule has 0 saturated heterocycles. The molecule has 134 valence electrons. The third-order valence-electron chi connectivity index (χ3n) is 4.55. The third kappa shape index (κ3) is 2.79. The molecule has 9 heteroatoms. The molecule has 1 spiro atoms. The predicted molar refractivity (Wildman–Crippen MR) is 89.2 cm³/mol. The van der Waals surface area contributed by atoms with Gasteiger partial charge in [0, 0.05) is 0 Å². The monoisotopic (exact) mass is 351 g/mol. The van der Waals surface area contributed by atoms with Gasteiger partial charge < -0.3 is 16.2 Å². The van der Waals surface area contributed by atoms with Gasteiger partial charge in [0.05, 0.1) is 18.4 Å². The molecule has 25 heavy (non-hydrogen) atoms. The van der Waals surface area contributed by atoms with Gasteiger partial charge in [-0.2, -0.15) is 4.99 Å². The number of anilines is 1. The summed E-state index contributed by atoms with van der Waals surface area (Å²) in [5.74, 6) is -3.28. The number of carbonyl (C=O) groups is 1. The quantitative estimate of drug-likeness (QED) is 0.791. The minimum atomic E-state index is -1.21. The highest BCUT2D eigenvalue weighted by Crippen LogP contribution is 2.42. The summed E-state index contributed by atoms with van der Waals surface area (Å²) >= 11 is 0. The van der Waals surface area contributed by atoms with Gasteiger partial charge in [0.2, 0.25) is 11.9 Å². The Morgan fingerprint density at radius 1 is 1.24 bits per heavy atom. The van der Waals surface area contributed by atoms with Crippen LogP contribution in [0, 0.1) is 11.6 Å². The van der Waals surface area contributed by atoms with E-state index in [0.29, 0.717) is 12.8 Å². The van der Waals surface area contributed by atoms with Crippen LogP contribution >= 0.6 is 0 Å². The summed E-state index contributed by atoms with van der Waals surface area (Å²) in [6.07, 6.45) is 3.66. The lowest BCUT2D eigenvalue weighted by Gasteiger charge is -2.46. The van der Waals surface area contributed by atoms with E-state index in [-0.39, 0.29) is 23.2 Å². The molecule has 1 aromatic rings. The first kappa shape index (κ1) is 17.1. The lowest BCUT2D eigenvalue weighted by atomic mass is 9.87. The molecular weight excluding hydrogens is 332 g/mol. The summed E-state index contributed by atoms with van der Waals surface area (Å²) in [6.45, 7) is 0. The van der Waals surface area contributed by atoms with Gasteiger partial charge in [-0.3, -0.25) is 4.90 Å². The molecule has 1 aromatic carbocycles. The third-order valence-corrected chi connectivity index (χ3v) is 4.55. The smallest absolute Gasteiger partial charge is 0.340 e. The fourth-order valence-corrected chi connectivity index (χ4v) is 3.48. The molecule has 2 aliphatic rings. The predicted octanol–water partition coefficient (Wildman–Crippen LogP) is 1.86. The van der Waals surface area contributed by atoms with Crippen LogP contribution in [-0.4, -0.2) is 30.7 Å². The number of rotatable bonds is 2. The number of halogens is 2. The number of benzene rings is 1. The first-order chi connectivity index (χ1) is 11.9. The Bertz CT molecular complexity index is 772. The first-order valence-corrected chi connectivity index (χ1v) is 7.95. The maximum absolute atomic E-state index is 14.7. The number of ether oxygens (including phenoxy) is 1. The zero-order chi connectivity index (χ0) is 18.2. The number of aliphatic imine (C=N–C) groups is 2. The molecule has 1 aliphatic heterocycles. The van der Waals surface area contributed by atoms with Crippen LogP contribution in [0.4, 0.5) is 14.5 Å². The number of guanidine groups is 2. The van der Waals surface area contributed by atoms with Gasteiger partial charge in [-0.05, 0) is 37.8 Å². The van der Waals surface area contributed by atoms with Crippen LogP contribution in [0.1, 0.15) is 42.5 Å². The van der Waals surface area contributed by atoms with Crippen LogP contribution in [0.5, 0.6) is 0 Å².